The topological polar surface area (TPSA) is 13.1 Å². The summed E-state index contributed by atoms with van der Waals surface area (Å²) in [5.41, 5.74) is 3.56. The number of allylic oxidation sites excluding steroid dienone is 6. The van der Waals surface area contributed by atoms with Gasteiger partial charge in [0.25, 0.3) is 0 Å². The lowest BCUT2D eigenvalue weighted by molar-refractivity contribution is 0.582. The molecule has 0 bridgehead atoms. The average Bonchev–Trinajstić information content (AvgIpc) is 2.81. The molecule has 88 valence electrons. The van der Waals surface area contributed by atoms with E-state index in [0.29, 0.717) is 0 Å². The first-order chi connectivity index (χ1) is 8.95. The van der Waals surface area contributed by atoms with Crippen LogP contribution in [-0.2, 0) is 0 Å². The highest BCUT2D eigenvalue weighted by molar-refractivity contribution is 5.85. The van der Waals surface area contributed by atoms with Crippen molar-refractivity contribution in [2.45, 2.75) is 6.42 Å². The molecule has 2 aromatic rings. The molecule has 0 atom stereocenters. The van der Waals surface area contributed by atoms with Crippen LogP contribution in [0.5, 0.6) is 0 Å². The van der Waals surface area contributed by atoms with Gasteiger partial charge in [-0.2, -0.15) is 0 Å². The molecule has 3 rings (SSSR count). The van der Waals surface area contributed by atoms with E-state index in [1.807, 2.05) is 18.2 Å². The van der Waals surface area contributed by atoms with Crippen LogP contribution in [-0.4, -0.2) is 0 Å². The monoisotopic (exact) mass is 234 g/mol. The normalized spacial score (nSPS) is 14.3. The molecule has 0 amide bonds. The third-order valence-corrected chi connectivity index (χ3v) is 3.01. The van der Waals surface area contributed by atoms with Crippen LogP contribution in [0.4, 0.5) is 0 Å². The first-order valence-corrected chi connectivity index (χ1v) is 6.12. The van der Waals surface area contributed by atoms with Crippen LogP contribution in [0.3, 0.4) is 0 Å². The molecule has 0 unspecified atom stereocenters. The minimum Gasteiger partial charge on any atom is -0.464 e. The molecular weight excluding hydrogens is 220 g/mol. The predicted molar refractivity (Wildman–Crippen MR) is 75.0 cm³/mol. The summed E-state index contributed by atoms with van der Waals surface area (Å²) >= 11 is 0. The Hall–Kier alpha value is -2.28. The van der Waals surface area contributed by atoms with E-state index in [4.69, 9.17) is 4.42 Å². The maximum atomic E-state index is 5.51. The van der Waals surface area contributed by atoms with Crippen LogP contribution in [0.1, 0.15) is 12.0 Å². The highest BCUT2D eigenvalue weighted by Crippen LogP contribution is 2.30. The molecule has 0 aliphatic heterocycles. The summed E-state index contributed by atoms with van der Waals surface area (Å²) in [6, 6.07) is 12.2. The van der Waals surface area contributed by atoms with Gasteiger partial charge in [0.05, 0.1) is 6.26 Å². The van der Waals surface area contributed by atoms with E-state index >= 15 is 0 Å². The molecule has 1 heteroatoms. The lowest BCUT2D eigenvalue weighted by atomic mass is 9.97. The maximum Gasteiger partial charge on any atom is 0.134 e. The van der Waals surface area contributed by atoms with E-state index in [-0.39, 0.29) is 0 Å². The number of rotatable bonds is 2. The molecule has 1 nitrogen and oxygen atoms in total. The number of benzene rings is 1. The van der Waals surface area contributed by atoms with E-state index in [0.717, 1.165) is 17.7 Å². The van der Waals surface area contributed by atoms with Crippen molar-refractivity contribution in [3.8, 4) is 11.3 Å². The number of hydrogen-bond acceptors (Lipinski definition) is 1. The Morgan fingerprint density at radius 3 is 2.61 bits per heavy atom. The molecule has 1 aromatic heterocycles. The van der Waals surface area contributed by atoms with Crippen molar-refractivity contribution in [2.75, 3.05) is 0 Å². The quantitative estimate of drug-likeness (QED) is 0.724. The Balaban J connectivity index is 2.12. The van der Waals surface area contributed by atoms with E-state index in [9.17, 15) is 0 Å². The Labute approximate surface area is 107 Å². The Morgan fingerprint density at radius 2 is 1.78 bits per heavy atom. The van der Waals surface area contributed by atoms with Gasteiger partial charge in [-0.3, -0.25) is 0 Å². The van der Waals surface area contributed by atoms with Crippen molar-refractivity contribution in [2.24, 2.45) is 0 Å². The van der Waals surface area contributed by atoms with Gasteiger partial charge in [0.15, 0.2) is 0 Å². The largest absolute Gasteiger partial charge is 0.464 e. The van der Waals surface area contributed by atoms with Gasteiger partial charge < -0.3 is 4.42 Å². The zero-order valence-electron chi connectivity index (χ0n) is 10.0. The summed E-state index contributed by atoms with van der Waals surface area (Å²) in [6.07, 6.45) is 13.4. The summed E-state index contributed by atoms with van der Waals surface area (Å²) in [6.45, 7) is 0. The minimum absolute atomic E-state index is 0.910. The van der Waals surface area contributed by atoms with E-state index in [1.54, 1.807) is 6.26 Å². The summed E-state index contributed by atoms with van der Waals surface area (Å²) < 4.78 is 5.51. The fourth-order valence-electron chi connectivity index (χ4n) is 2.14. The fourth-order valence-corrected chi connectivity index (χ4v) is 2.14. The van der Waals surface area contributed by atoms with E-state index in [2.05, 4.69) is 48.6 Å². The minimum atomic E-state index is 0.910. The SMILES string of the molecule is C1=CCC=CC(c2ccccc2-c2ccco2)=C1. The van der Waals surface area contributed by atoms with Gasteiger partial charge in [-0.25, -0.2) is 0 Å². The van der Waals surface area contributed by atoms with Gasteiger partial charge in [-0.05, 0) is 29.7 Å². The molecular formula is C17H14O. The van der Waals surface area contributed by atoms with Crippen molar-refractivity contribution >= 4 is 5.57 Å². The molecule has 0 saturated carbocycles. The van der Waals surface area contributed by atoms with Gasteiger partial charge in [0, 0.05) is 5.56 Å². The third kappa shape index (κ3) is 2.07. The van der Waals surface area contributed by atoms with Gasteiger partial charge in [-0.15, -0.1) is 0 Å². The third-order valence-electron chi connectivity index (χ3n) is 3.01. The first-order valence-electron chi connectivity index (χ1n) is 6.12. The molecule has 0 radical (unpaired) electrons. The molecule has 0 saturated heterocycles. The summed E-state index contributed by atoms with van der Waals surface area (Å²) in [5, 5.41) is 0. The molecule has 0 N–H and O–H groups in total. The molecule has 0 spiro atoms. The average molecular weight is 234 g/mol. The standard InChI is InChI=1S/C17H14O/c1-2-4-9-14(8-3-1)15-10-5-6-11-16(15)17-12-7-13-18-17/h1,3-13H,2H2. The second kappa shape index (κ2) is 4.92. The van der Waals surface area contributed by atoms with Gasteiger partial charge in [-0.1, -0.05) is 54.6 Å². The molecule has 0 fully saturated rings. The van der Waals surface area contributed by atoms with Crippen LogP contribution in [0.25, 0.3) is 16.9 Å². The lowest BCUT2D eigenvalue weighted by Gasteiger charge is -2.07. The van der Waals surface area contributed by atoms with Crippen molar-refractivity contribution in [1.29, 1.82) is 0 Å². The van der Waals surface area contributed by atoms with Gasteiger partial charge in [0.1, 0.15) is 5.76 Å². The van der Waals surface area contributed by atoms with Crippen LogP contribution in [0, 0.1) is 0 Å². The van der Waals surface area contributed by atoms with Crippen LogP contribution >= 0.6 is 0 Å². The highest BCUT2D eigenvalue weighted by Gasteiger charge is 2.09. The molecule has 1 aromatic carbocycles. The lowest BCUT2D eigenvalue weighted by Crippen LogP contribution is -1.86. The zero-order valence-corrected chi connectivity index (χ0v) is 10.0. The Kier molecular flexibility index (Phi) is 2.97. The summed E-state index contributed by atoms with van der Waals surface area (Å²) in [4.78, 5) is 0. The summed E-state index contributed by atoms with van der Waals surface area (Å²) in [5.74, 6) is 0.910. The van der Waals surface area contributed by atoms with Crippen LogP contribution in [0.15, 0.2) is 77.5 Å². The Morgan fingerprint density at radius 1 is 0.889 bits per heavy atom. The van der Waals surface area contributed by atoms with Crippen molar-refractivity contribution in [3.63, 3.8) is 0 Å². The molecule has 1 heterocycles. The summed E-state index contributed by atoms with van der Waals surface area (Å²) in [7, 11) is 0. The highest BCUT2D eigenvalue weighted by atomic mass is 16.3. The predicted octanol–water partition coefficient (Wildman–Crippen LogP) is 4.85. The second-order valence-electron chi connectivity index (χ2n) is 4.21. The van der Waals surface area contributed by atoms with Crippen molar-refractivity contribution in [1.82, 2.24) is 0 Å². The first kappa shape index (κ1) is 10.8. The number of hydrogen-bond donors (Lipinski definition) is 0. The fraction of sp³-hybridized carbons (Fsp3) is 0.0588. The van der Waals surface area contributed by atoms with Gasteiger partial charge >= 0.3 is 0 Å². The Bertz CT molecular complexity index is 613. The van der Waals surface area contributed by atoms with Crippen LogP contribution < -0.4 is 0 Å². The van der Waals surface area contributed by atoms with Crippen molar-refractivity contribution < 1.29 is 4.42 Å². The smallest absolute Gasteiger partial charge is 0.134 e. The van der Waals surface area contributed by atoms with E-state index in [1.165, 1.54) is 11.1 Å². The second-order valence-corrected chi connectivity index (χ2v) is 4.21. The zero-order chi connectivity index (χ0) is 12.2. The van der Waals surface area contributed by atoms with E-state index < -0.39 is 0 Å². The molecule has 1 aliphatic carbocycles. The van der Waals surface area contributed by atoms with Crippen LogP contribution in [0.2, 0.25) is 0 Å². The van der Waals surface area contributed by atoms with Crippen molar-refractivity contribution in [3.05, 3.63) is 78.6 Å². The molecule has 18 heavy (non-hydrogen) atoms. The maximum absolute atomic E-state index is 5.51. The number of furan rings is 1. The molecule has 1 aliphatic rings. The van der Waals surface area contributed by atoms with Gasteiger partial charge in [0.2, 0.25) is 0 Å².